The Hall–Kier alpha value is -1.03. The molecule has 1 atom stereocenters. The van der Waals surface area contributed by atoms with E-state index in [9.17, 15) is 0 Å². The van der Waals surface area contributed by atoms with Crippen molar-refractivity contribution in [3.05, 3.63) is 12.3 Å². The lowest BCUT2D eigenvalue weighted by Crippen LogP contribution is -2.52. The van der Waals surface area contributed by atoms with E-state index in [1.54, 1.807) is 6.20 Å². The topological polar surface area (TPSA) is 76.4 Å². The fraction of sp³-hybridized carbons (Fsp3) is 0.625. The standard InChI is InChI=1S/C8H16N4/c1-7(2,3)8(10)4-5-11-6(9)12-8/h4-5H,10H2,1-3H3,(H3,9,11,12). The lowest BCUT2D eigenvalue weighted by atomic mass is 9.81. The largest absolute Gasteiger partial charge is 0.370 e. The molecule has 1 aliphatic rings. The predicted molar refractivity (Wildman–Crippen MR) is 50.3 cm³/mol. The van der Waals surface area contributed by atoms with Crippen LogP contribution in [0.2, 0.25) is 0 Å². The molecule has 68 valence electrons. The maximum absolute atomic E-state index is 6.03. The first-order valence-corrected chi connectivity index (χ1v) is 3.94. The van der Waals surface area contributed by atoms with E-state index in [4.69, 9.17) is 11.5 Å². The molecule has 1 heterocycles. The summed E-state index contributed by atoms with van der Waals surface area (Å²) in [7, 11) is 0. The fourth-order valence-electron chi connectivity index (χ4n) is 0.941. The predicted octanol–water partition coefficient (Wildman–Crippen LogP) is 0.119. The first-order valence-electron chi connectivity index (χ1n) is 3.94. The molecule has 5 N–H and O–H groups in total. The summed E-state index contributed by atoms with van der Waals surface area (Å²) in [6.07, 6.45) is 3.55. The Balaban J connectivity index is 2.99. The second-order valence-corrected chi connectivity index (χ2v) is 4.05. The maximum atomic E-state index is 6.03. The van der Waals surface area contributed by atoms with Crippen molar-refractivity contribution in [2.45, 2.75) is 26.4 Å². The molecule has 0 saturated heterocycles. The van der Waals surface area contributed by atoms with Crippen LogP contribution in [0.15, 0.2) is 17.3 Å². The van der Waals surface area contributed by atoms with E-state index in [1.807, 2.05) is 26.8 Å². The monoisotopic (exact) mass is 168 g/mol. The normalized spacial score (nSPS) is 29.5. The fourth-order valence-corrected chi connectivity index (χ4v) is 0.941. The molecular formula is C8H16N4. The molecule has 4 heteroatoms. The van der Waals surface area contributed by atoms with Gasteiger partial charge in [-0.3, -0.25) is 0 Å². The van der Waals surface area contributed by atoms with E-state index in [2.05, 4.69) is 10.3 Å². The van der Waals surface area contributed by atoms with E-state index in [0.717, 1.165) is 0 Å². The lowest BCUT2D eigenvalue weighted by Gasteiger charge is -2.37. The molecule has 0 spiro atoms. The van der Waals surface area contributed by atoms with Gasteiger partial charge >= 0.3 is 0 Å². The van der Waals surface area contributed by atoms with Gasteiger partial charge in [-0.25, -0.2) is 4.99 Å². The molecule has 0 bridgehead atoms. The average Bonchev–Trinajstić information content (AvgIpc) is 1.83. The molecule has 0 aliphatic carbocycles. The number of nitrogens with two attached hydrogens (primary N) is 2. The summed E-state index contributed by atoms with van der Waals surface area (Å²) >= 11 is 0. The van der Waals surface area contributed by atoms with Crippen LogP contribution >= 0.6 is 0 Å². The van der Waals surface area contributed by atoms with Crippen molar-refractivity contribution in [3.8, 4) is 0 Å². The number of aliphatic imine (C=N–C) groups is 1. The summed E-state index contributed by atoms with van der Waals surface area (Å²) < 4.78 is 0. The Bertz CT molecular complexity index is 236. The van der Waals surface area contributed by atoms with E-state index in [1.165, 1.54) is 0 Å². The first-order chi connectivity index (χ1) is 5.35. The van der Waals surface area contributed by atoms with Crippen molar-refractivity contribution in [1.29, 1.82) is 0 Å². The molecule has 0 aromatic heterocycles. The zero-order valence-electron chi connectivity index (χ0n) is 7.76. The van der Waals surface area contributed by atoms with Gasteiger partial charge in [0.2, 0.25) is 0 Å². The number of guanidine groups is 1. The smallest absolute Gasteiger partial charge is 0.194 e. The minimum atomic E-state index is -0.692. The van der Waals surface area contributed by atoms with E-state index in [-0.39, 0.29) is 5.41 Å². The highest BCUT2D eigenvalue weighted by atomic mass is 15.2. The van der Waals surface area contributed by atoms with Gasteiger partial charge < -0.3 is 16.8 Å². The Kier molecular flexibility index (Phi) is 1.88. The zero-order valence-corrected chi connectivity index (χ0v) is 7.76. The van der Waals surface area contributed by atoms with Crippen LogP contribution in [0.3, 0.4) is 0 Å². The van der Waals surface area contributed by atoms with E-state index in [0.29, 0.717) is 5.96 Å². The number of nitrogens with zero attached hydrogens (tertiary/aromatic N) is 1. The summed E-state index contributed by atoms with van der Waals surface area (Å²) in [5.41, 5.74) is 10.7. The molecule has 12 heavy (non-hydrogen) atoms. The highest BCUT2D eigenvalue weighted by Crippen LogP contribution is 2.31. The molecule has 1 aliphatic heterocycles. The van der Waals surface area contributed by atoms with Crippen LogP contribution < -0.4 is 16.8 Å². The minimum Gasteiger partial charge on any atom is -0.370 e. The summed E-state index contributed by atoms with van der Waals surface area (Å²) in [6.45, 7) is 6.08. The number of hydrogen-bond acceptors (Lipinski definition) is 4. The van der Waals surface area contributed by atoms with Gasteiger partial charge in [0.15, 0.2) is 5.96 Å². The Morgan fingerprint density at radius 1 is 1.50 bits per heavy atom. The van der Waals surface area contributed by atoms with Crippen molar-refractivity contribution in [2.24, 2.45) is 21.9 Å². The number of nitrogens with one attached hydrogen (secondary N) is 1. The van der Waals surface area contributed by atoms with Gasteiger partial charge in [-0.2, -0.15) is 0 Å². The average molecular weight is 168 g/mol. The van der Waals surface area contributed by atoms with Gasteiger partial charge in [-0.15, -0.1) is 0 Å². The van der Waals surface area contributed by atoms with Gasteiger partial charge in [0.25, 0.3) is 0 Å². The van der Waals surface area contributed by atoms with E-state index < -0.39 is 5.66 Å². The summed E-state index contributed by atoms with van der Waals surface area (Å²) in [5.74, 6) is 0.370. The van der Waals surface area contributed by atoms with Crippen LogP contribution in [0.5, 0.6) is 0 Å². The molecule has 0 aromatic carbocycles. The minimum absolute atomic E-state index is 0.129. The van der Waals surface area contributed by atoms with Gasteiger partial charge in [0, 0.05) is 11.6 Å². The Morgan fingerprint density at radius 3 is 2.42 bits per heavy atom. The number of rotatable bonds is 0. The van der Waals surface area contributed by atoms with Crippen molar-refractivity contribution < 1.29 is 0 Å². The molecule has 0 radical (unpaired) electrons. The highest BCUT2D eigenvalue weighted by Gasteiger charge is 2.37. The first kappa shape index (κ1) is 9.06. The van der Waals surface area contributed by atoms with Crippen LogP contribution in [0.1, 0.15) is 20.8 Å². The zero-order chi connectivity index (χ0) is 9.41. The SMILES string of the molecule is CC(C)(C)C1(N)C=CNC(N)=N1. The molecule has 1 rings (SSSR count). The van der Waals surface area contributed by atoms with Gasteiger partial charge in [0.05, 0.1) is 0 Å². The van der Waals surface area contributed by atoms with Gasteiger partial charge in [-0.1, -0.05) is 20.8 Å². The summed E-state index contributed by atoms with van der Waals surface area (Å²) in [6, 6.07) is 0. The molecule has 0 fully saturated rings. The van der Waals surface area contributed by atoms with Crippen molar-refractivity contribution in [1.82, 2.24) is 5.32 Å². The maximum Gasteiger partial charge on any atom is 0.194 e. The Morgan fingerprint density at radius 2 is 2.08 bits per heavy atom. The summed E-state index contributed by atoms with van der Waals surface area (Å²) in [5, 5.41) is 2.78. The lowest BCUT2D eigenvalue weighted by molar-refractivity contribution is 0.248. The second-order valence-electron chi connectivity index (χ2n) is 4.05. The van der Waals surface area contributed by atoms with Gasteiger partial charge in [-0.05, 0) is 6.08 Å². The number of hydrogen-bond donors (Lipinski definition) is 3. The van der Waals surface area contributed by atoms with Crippen molar-refractivity contribution in [2.75, 3.05) is 0 Å². The van der Waals surface area contributed by atoms with Crippen molar-refractivity contribution in [3.63, 3.8) is 0 Å². The van der Waals surface area contributed by atoms with Crippen LogP contribution in [-0.2, 0) is 0 Å². The van der Waals surface area contributed by atoms with Crippen LogP contribution in [-0.4, -0.2) is 11.6 Å². The third kappa shape index (κ3) is 1.43. The molecule has 0 aromatic rings. The summed E-state index contributed by atoms with van der Waals surface area (Å²) in [4.78, 5) is 4.16. The quantitative estimate of drug-likeness (QED) is 0.481. The molecule has 0 amide bonds. The second kappa shape index (κ2) is 2.48. The van der Waals surface area contributed by atoms with Crippen LogP contribution in [0.25, 0.3) is 0 Å². The Labute approximate surface area is 72.7 Å². The van der Waals surface area contributed by atoms with Crippen LogP contribution in [0, 0.1) is 5.41 Å². The van der Waals surface area contributed by atoms with Crippen molar-refractivity contribution >= 4 is 5.96 Å². The van der Waals surface area contributed by atoms with E-state index >= 15 is 0 Å². The highest BCUT2D eigenvalue weighted by molar-refractivity contribution is 5.80. The third-order valence-electron chi connectivity index (χ3n) is 2.08. The van der Waals surface area contributed by atoms with Gasteiger partial charge in [0.1, 0.15) is 5.66 Å². The van der Waals surface area contributed by atoms with Crippen LogP contribution in [0.4, 0.5) is 0 Å². The molecule has 1 unspecified atom stereocenters. The third-order valence-corrected chi connectivity index (χ3v) is 2.08. The molecular weight excluding hydrogens is 152 g/mol. The molecule has 4 nitrogen and oxygen atoms in total. The molecule has 0 saturated carbocycles.